The normalized spacial score (nSPS) is 11.4. The fourth-order valence-corrected chi connectivity index (χ4v) is 1.39. The smallest absolute Gasteiger partial charge is 0.406 e. The Hall–Kier alpha value is -1.57. The first-order valence-electron chi connectivity index (χ1n) is 5.94. The third kappa shape index (κ3) is 5.73. The highest BCUT2D eigenvalue weighted by Crippen LogP contribution is 2.20. The molecule has 0 aliphatic carbocycles. The standard InChI is InChI=1S/C11H17F3N4O/c1-2-7-19-9-3-5-16-10(17-9)18(6-4-15)8-11(12,13)14/h3,5H,2,4,6-8,15H2,1H3. The number of nitrogens with zero attached hydrogens (tertiary/aromatic N) is 3. The largest absolute Gasteiger partial charge is 0.478 e. The van der Waals surface area contributed by atoms with E-state index in [4.69, 9.17) is 10.5 Å². The molecule has 1 heterocycles. The molecule has 5 nitrogen and oxygen atoms in total. The summed E-state index contributed by atoms with van der Waals surface area (Å²) in [6.07, 6.45) is -2.18. The Labute approximate surface area is 109 Å². The molecule has 0 amide bonds. The van der Waals surface area contributed by atoms with Gasteiger partial charge in [0.2, 0.25) is 11.8 Å². The quantitative estimate of drug-likeness (QED) is 0.820. The van der Waals surface area contributed by atoms with Gasteiger partial charge >= 0.3 is 6.18 Å². The number of ether oxygens (including phenoxy) is 1. The molecule has 0 saturated heterocycles. The van der Waals surface area contributed by atoms with Gasteiger partial charge in [0, 0.05) is 25.4 Å². The predicted octanol–water partition coefficient (Wildman–Crippen LogP) is 1.59. The molecule has 0 fully saturated rings. The molecule has 0 radical (unpaired) electrons. The zero-order valence-electron chi connectivity index (χ0n) is 10.7. The van der Waals surface area contributed by atoms with E-state index in [1.165, 1.54) is 12.3 Å². The number of alkyl halides is 3. The van der Waals surface area contributed by atoms with Crippen LogP contribution < -0.4 is 15.4 Å². The van der Waals surface area contributed by atoms with Crippen LogP contribution >= 0.6 is 0 Å². The van der Waals surface area contributed by atoms with Crippen LogP contribution in [0, 0.1) is 0 Å². The van der Waals surface area contributed by atoms with Gasteiger partial charge in [0.05, 0.1) is 6.61 Å². The number of hydrogen-bond acceptors (Lipinski definition) is 5. The number of halogens is 3. The van der Waals surface area contributed by atoms with Crippen molar-refractivity contribution in [2.45, 2.75) is 19.5 Å². The summed E-state index contributed by atoms with van der Waals surface area (Å²) in [6, 6.07) is 1.51. The van der Waals surface area contributed by atoms with E-state index < -0.39 is 12.7 Å². The van der Waals surface area contributed by atoms with Gasteiger partial charge < -0.3 is 15.4 Å². The molecule has 108 valence electrons. The average Bonchev–Trinajstić information content (AvgIpc) is 2.35. The topological polar surface area (TPSA) is 64.3 Å². The van der Waals surface area contributed by atoms with E-state index in [9.17, 15) is 13.2 Å². The molecule has 0 aromatic carbocycles. The first-order chi connectivity index (χ1) is 8.96. The maximum absolute atomic E-state index is 12.4. The van der Waals surface area contributed by atoms with E-state index in [1.807, 2.05) is 6.92 Å². The maximum atomic E-state index is 12.4. The Balaban J connectivity index is 2.83. The molecule has 8 heteroatoms. The lowest BCUT2D eigenvalue weighted by Crippen LogP contribution is -2.38. The van der Waals surface area contributed by atoms with Gasteiger partial charge in [-0.3, -0.25) is 0 Å². The second kappa shape index (κ2) is 7.13. The summed E-state index contributed by atoms with van der Waals surface area (Å²) in [6.45, 7) is 1.34. The molecule has 19 heavy (non-hydrogen) atoms. The highest BCUT2D eigenvalue weighted by molar-refractivity contribution is 5.32. The summed E-state index contributed by atoms with van der Waals surface area (Å²) in [4.78, 5) is 8.77. The Morgan fingerprint density at radius 1 is 1.42 bits per heavy atom. The van der Waals surface area contributed by atoms with E-state index >= 15 is 0 Å². The summed E-state index contributed by atoms with van der Waals surface area (Å²) < 4.78 is 42.6. The zero-order chi connectivity index (χ0) is 14.3. The molecule has 0 bridgehead atoms. The average molecular weight is 278 g/mol. The van der Waals surface area contributed by atoms with Crippen molar-refractivity contribution in [2.24, 2.45) is 5.73 Å². The number of aromatic nitrogens is 2. The van der Waals surface area contributed by atoms with Crippen molar-refractivity contribution in [3.05, 3.63) is 12.3 Å². The molecule has 0 saturated carbocycles. The van der Waals surface area contributed by atoms with Crippen LogP contribution in [0.1, 0.15) is 13.3 Å². The van der Waals surface area contributed by atoms with Gasteiger partial charge in [0.25, 0.3) is 0 Å². The molecular weight excluding hydrogens is 261 g/mol. The van der Waals surface area contributed by atoms with Crippen LogP contribution in [0.4, 0.5) is 19.1 Å². The van der Waals surface area contributed by atoms with Crippen LogP contribution in [0.5, 0.6) is 5.88 Å². The van der Waals surface area contributed by atoms with Gasteiger partial charge in [0.1, 0.15) is 6.54 Å². The van der Waals surface area contributed by atoms with Gasteiger partial charge in [-0.2, -0.15) is 18.2 Å². The minimum Gasteiger partial charge on any atom is -0.478 e. The third-order valence-corrected chi connectivity index (χ3v) is 2.12. The van der Waals surface area contributed by atoms with Gasteiger partial charge in [-0.25, -0.2) is 4.98 Å². The highest BCUT2D eigenvalue weighted by atomic mass is 19.4. The van der Waals surface area contributed by atoms with Crippen molar-refractivity contribution in [1.82, 2.24) is 9.97 Å². The van der Waals surface area contributed by atoms with Crippen molar-refractivity contribution in [2.75, 3.05) is 31.1 Å². The summed E-state index contributed by atoms with van der Waals surface area (Å²) in [5.41, 5.74) is 5.31. The molecule has 0 atom stereocenters. The molecular formula is C11H17F3N4O. The summed E-state index contributed by atoms with van der Waals surface area (Å²) in [5.74, 6) is 0.229. The van der Waals surface area contributed by atoms with Crippen LogP contribution in [0.2, 0.25) is 0 Å². The first kappa shape index (κ1) is 15.5. The molecule has 1 aromatic heterocycles. The number of hydrogen-bond donors (Lipinski definition) is 1. The molecule has 0 unspecified atom stereocenters. The Morgan fingerprint density at radius 3 is 2.74 bits per heavy atom. The lowest BCUT2D eigenvalue weighted by Gasteiger charge is -2.23. The summed E-state index contributed by atoms with van der Waals surface area (Å²) >= 11 is 0. The first-order valence-corrected chi connectivity index (χ1v) is 5.94. The third-order valence-electron chi connectivity index (χ3n) is 2.12. The van der Waals surface area contributed by atoms with Gasteiger partial charge in [-0.05, 0) is 6.42 Å². The second-order valence-corrected chi connectivity index (χ2v) is 3.87. The fraction of sp³-hybridized carbons (Fsp3) is 0.636. The van der Waals surface area contributed by atoms with Gasteiger partial charge in [0.15, 0.2) is 0 Å². The van der Waals surface area contributed by atoms with Gasteiger partial charge in [-0.1, -0.05) is 6.92 Å². The lowest BCUT2D eigenvalue weighted by atomic mass is 10.4. The SMILES string of the molecule is CCCOc1ccnc(N(CCN)CC(F)(F)F)n1. The highest BCUT2D eigenvalue weighted by Gasteiger charge is 2.31. The van der Waals surface area contributed by atoms with Crippen LogP contribution in [0.15, 0.2) is 12.3 Å². The van der Waals surface area contributed by atoms with E-state index in [0.29, 0.717) is 6.61 Å². The maximum Gasteiger partial charge on any atom is 0.406 e. The summed E-state index contributed by atoms with van der Waals surface area (Å²) in [5, 5.41) is 0. The number of anilines is 1. The van der Waals surface area contributed by atoms with E-state index in [-0.39, 0.29) is 24.9 Å². The van der Waals surface area contributed by atoms with Crippen LogP contribution in [0.3, 0.4) is 0 Å². The van der Waals surface area contributed by atoms with E-state index in [0.717, 1.165) is 11.3 Å². The number of nitrogens with two attached hydrogens (primary N) is 1. The van der Waals surface area contributed by atoms with Crippen molar-refractivity contribution in [3.63, 3.8) is 0 Å². The van der Waals surface area contributed by atoms with E-state index in [2.05, 4.69) is 9.97 Å². The molecule has 0 aliphatic rings. The Morgan fingerprint density at radius 2 is 2.16 bits per heavy atom. The molecule has 1 aromatic rings. The Kier molecular flexibility index (Phi) is 5.81. The van der Waals surface area contributed by atoms with Crippen molar-refractivity contribution in [1.29, 1.82) is 0 Å². The monoisotopic (exact) mass is 278 g/mol. The van der Waals surface area contributed by atoms with Crippen molar-refractivity contribution in [3.8, 4) is 5.88 Å². The molecule has 0 spiro atoms. The molecule has 2 N–H and O–H groups in total. The molecule has 0 aliphatic heterocycles. The molecule has 1 rings (SSSR count). The van der Waals surface area contributed by atoms with Crippen molar-refractivity contribution >= 4 is 5.95 Å². The number of rotatable bonds is 7. The summed E-state index contributed by atoms with van der Waals surface area (Å²) in [7, 11) is 0. The second-order valence-electron chi connectivity index (χ2n) is 3.87. The lowest BCUT2D eigenvalue weighted by molar-refractivity contribution is -0.119. The zero-order valence-corrected chi connectivity index (χ0v) is 10.7. The van der Waals surface area contributed by atoms with Gasteiger partial charge in [-0.15, -0.1) is 0 Å². The fourth-order valence-electron chi connectivity index (χ4n) is 1.39. The Bertz CT molecular complexity index is 386. The minimum atomic E-state index is -4.33. The predicted molar refractivity (Wildman–Crippen MR) is 65.1 cm³/mol. The van der Waals surface area contributed by atoms with Crippen molar-refractivity contribution < 1.29 is 17.9 Å². The van der Waals surface area contributed by atoms with Crippen LogP contribution in [-0.2, 0) is 0 Å². The van der Waals surface area contributed by atoms with E-state index in [1.54, 1.807) is 0 Å². The minimum absolute atomic E-state index is 0.0245. The van der Waals surface area contributed by atoms with Crippen LogP contribution in [0.25, 0.3) is 0 Å². The van der Waals surface area contributed by atoms with Crippen LogP contribution in [-0.4, -0.2) is 42.4 Å².